The highest BCUT2D eigenvalue weighted by Crippen LogP contribution is 2.35. The van der Waals surface area contributed by atoms with E-state index in [4.69, 9.17) is 5.73 Å². The van der Waals surface area contributed by atoms with Crippen LogP contribution in [0.5, 0.6) is 0 Å². The molecule has 1 unspecified atom stereocenters. The van der Waals surface area contributed by atoms with Gasteiger partial charge in [0.05, 0.1) is 10.6 Å². The highest BCUT2D eigenvalue weighted by Gasteiger charge is 2.23. The minimum Gasteiger partial charge on any atom is -0.370 e. The average Bonchev–Trinajstić information content (AvgIpc) is 2.41. The first-order valence-corrected chi connectivity index (χ1v) is 7.71. The molecule has 0 aliphatic carbocycles. The average molecular weight is 342 g/mol. The summed E-state index contributed by atoms with van der Waals surface area (Å²) in [4.78, 5) is 12.9. The summed E-state index contributed by atoms with van der Waals surface area (Å²) in [5, 5.41) is 11.0. The van der Waals surface area contributed by atoms with Crippen molar-refractivity contribution in [2.24, 2.45) is 11.7 Å². The van der Waals surface area contributed by atoms with Crippen molar-refractivity contribution in [2.75, 3.05) is 24.5 Å². The molecule has 110 valence electrons. The van der Waals surface area contributed by atoms with Crippen molar-refractivity contribution in [3.8, 4) is 0 Å². The first kappa shape index (κ1) is 15.3. The third-order valence-corrected chi connectivity index (χ3v) is 4.53. The second-order valence-corrected chi connectivity index (χ2v) is 6.23. The zero-order valence-corrected chi connectivity index (χ0v) is 13.2. The van der Waals surface area contributed by atoms with Gasteiger partial charge in [-0.1, -0.05) is 0 Å². The number of nitrogens with zero attached hydrogens (tertiary/aromatic N) is 2. The van der Waals surface area contributed by atoms with Crippen LogP contribution in [0.25, 0.3) is 0 Å². The summed E-state index contributed by atoms with van der Waals surface area (Å²) in [5.41, 5.74) is 7.56. The fraction of sp³-hybridized carbons (Fsp3) is 0.571. The highest BCUT2D eigenvalue weighted by atomic mass is 79.9. The van der Waals surface area contributed by atoms with Gasteiger partial charge in [-0.25, -0.2) is 0 Å². The maximum absolute atomic E-state index is 11.0. The molecule has 0 radical (unpaired) electrons. The topological polar surface area (TPSA) is 72.4 Å². The van der Waals surface area contributed by atoms with E-state index in [9.17, 15) is 10.1 Å². The molecule has 0 amide bonds. The summed E-state index contributed by atoms with van der Waals surface area (Å²) in [7, 11) is 0. The molecule has 1 aliphatic heterocycles. The molecule has 1 fully saturated rings. The molecule has 1 aromatic rings. The van der Waals surface area contributed by atoms with Crippen LogP contribution >= 0.6 is 15.9 Å². The first-order chi connectivity index (χ1) is 9.52. The van der Waals surface area contributed by atoms with Crippen LogP contribution in [0.3, 0.4) is 0 Å². The highest BCUT2D eigenvalue weighted by molar-refractivity contribution is 9.10. The van der Waals surface area contributed by atoms with Crippen molar-refractivity contribution in [2.45, 2.75) is 26.2 Å². The van der Waals surface area contributed by atoms with Crippen molar-refractivity contribution >= 4 is 27.3 Å². The number of nitro groups is 1. The molecule has 1 saturated heterocycles. The summed E-state index contributed by atoms with van der Waals surface area (Å²) < 4.78 is 0.795. The Morgan fingerprint density at radius 1 is 1.55 bits per heavy atom. The standard InChI is InChI=1S/C14H20BrN3O2/c1-10-7-14(12(15)8-13(10)18(19)20)17-6-2-3-11(9-17)4-5-16/h7-8,11H,2-6,9,16H2,1H3. The fourth-order valence-corrected chi connectivity index (χ4v) is 3.43. The van der Waals surface area contributed by atoms with E-state index in [2.05, 4.69) is 20.8 Å². The Balaban J connectivity index is 2.24. The Morgan fingerprint density at radius 3 is 2.95 bits per heavy atom. The molecule has 0 bridgehead atoms. The third-order valence-electron chi connectivity index (χ3n) is 3.90. The van der Waals surface area contributed by atoms with E-state index in [1.54, 1.807) is 13.0 Å². The molecule has 20 heavy (non-hydrogen) atoms. The van der Waals surface area contributed by atoms with Crippen molar-refractivity contribution in [1.82, 2.24) is 0 Å². The number of anilines is 1. The van der Waals surface area contributed by atoms with Crippen LogP contribution in [-0.2, 0) is 0 Å². The van der Waals surface area contributed by atoms with Crippen molar-refractivity contribution in [3.05, 3.63) is 32.3 Å². The van der Waals surface area contributed by atoms with E-state index in [1.165, 1.54) is 6.42 Å². The maximum atomic E-state index is 11.0. The molecule has 2 N–H and O–H groups in total. The van der Waals surface area contributed by atoms with Gasteiger partial charge in [-0.15, -0.1) is 0 Å². The van der Waals surface area contributed by atoms with E-state index in [0.717, 1.165) is 42.6 Å². The number of aryl methyl sites for hydroxylation is 1. The molecule has 1 atom stereocenters. The molecule has 1 aliphatic rings. The van der Waals surface area contributed by atoms with Gasteiger partial charge in [0.15, 0.2) is 0 Å². The second-order valence-electron chi connectivity index (χ2n) is 5.38. The Morgan fingerprint density at radius 2 is 2.30 bits per heavy atom. The fourth-order valence-electron chi connectivity index (χ4n) is 2.85. The number of benzene rings is 1. The van der Waals surface area contributed by atoms with Gasteiger partial charge in [-0.2, -0.15) is 0 Å². The number of hydrogen-bond donors (Lipinski definition) is 1. The van der Waals surface area contributed by atoms with Crippen LogP contribution in [0.2, 0.25) is 0 Å². The lowest BCUT2D eigenvalue weighted by atomic mass is 9.94. The van der Waals surface area contributed by atoms with Crippen molar-refractivity contribution in [1.29, 1.82) is 0 Å². The van der Waals surface area contributed by atoms with Gasteiger partial charge in [0.25, 0.3) is 5.69 Å². The minimum atomic E-state index is -0.336. The van der Waals surface area contributed by atoms with Gasteiger partial charge in [0, 0.05) is 29.2 Å². The van der Waals surface area contributed by atoms with Crippen LogP contribution in [0, 0.1) is 23.0 Å². The lowest BCUT2D eigenvalue weighted by molar-refractivity contribution is -0.385. The van der Waals surface area contributed by atoms with Crippen LogP contribution < -0.4 is 10.6 Å². The Hall–Kier alpha value is -1.14. The number of hydrogen-bond acceptors (Lipinski definition) is 4. The van der Waals surface area contributed by atoms with Crippen LogP contribution in [0.15, 0.2) is 16.6 Å². The van der Waals surface area contributed by atoms with Gasteiger partial charge in [0.1, 0.15) is 0 Å². The van der Waals surface area contributed by atoms with Gasteiger partial charge in [-0.3, -0.25) is 10.1 Å². The molecule has 5 nitrogen and oxygen atoms in total. The van der Waals surface area contributed by atoms with Gasteiger partial charge in [0.2, 0.25) is 0 Å². The SMILES string of the molecule is Cc1cc(N2CCCC(CCN)C2)c(Br)cc1[N+](=O)[O-]. The quantitative estimate of drug-likeness (QED) is 0.674. The Kier molecular flexibility index (Phi) is 4.99. The van der Waals surface area contributed by atoms with Gasteiger partial charge in [-0.05, 0) is 60.6 Å². The number of piperidine rings is 1. The molecule has 6 heteroatoms. The second kappa shape index (κ2) is 6.54. The smallest absolute Gasteiger partial charge is 0.273 e. The summed E-state index contributed by atoms with van der Waals surface area (Å²) in [6.07, 6.45) is 3.41. The third kappa shape index (κ3) is 3.30. The summed E-state index contributed by atoms with van der Waals surface area (Å²) in [6.45, 7) is 4.48. The van der Waals surface area contributed by atoms with E-state index in [-0.39, 0.29) is 10.6 Å². The largest absolute Gasteiger partial charge is 0.370 e. The van der Waals surface area contributed by atoms with E-state index in [1.807, 2.05) is 6.07 Å². The van der Waals surface area contributed by atoms with Crippen LogP contribution in [0.4, 0.5) is 11.4 Å². The van der Waals surface area contributed by atoms with Crippen molar-refractivity contribution < 1.29 is 4.92 Å². The molecule has 1 aromatic carbocycles. The predicted molar refractivity (Wildman–Crippen MR) is 84.1 cm³/mol. The maximum Gasteiger partial charge on any atom is 0.273 e. The zero-order valence-electron chi connectivity index (χ0n) is 11.6. The lowest BCUT2D eigenvalue weighted by Crippen LogP contribution is -2.36. The normalized spacial score (nSPS) is 19.1. The number of nitrogens with two attached hydrogens (primary N) is 1. The predicted octanol–water partition coefficient (Wildman–Crippen LogP) is 3.23. The molecular weight excluding hydrogens is 322 g/mol. The number of halogens is 1. The zero-order chi connectivity index (χ0) is 14.7. The molecule has 0 spiro atoms. The lowest BCUT2D eigenvalue weighted by Gasteiger charge is -2.35. The van der Waals surface area contributed by atoms with E-state index < -0.39 is 0 Å². The summed E-state index contributed by atoms with van der Waals surface area (Å²) in [5.74, 6) is 0.621. The monoisotopic (exact) mass is 341 g/mol. The molecule has 0 saturated carbocycles. The van der Waals surface area contributed by atoms with Gasteiger partial charge >= 0.3 is 0 Å². The first-order valence-electron chi connectivity index (χ1n) is 6.92. The summed E-state index contributed by atoms with van der Waals surface area (Å²) >= 11 is 3.47. The Bertz CT molecular complexity index is 505. The minimum absolute atomic E-state index is 0.163. The molecule has 1 heterocycles. The number of nitro benzene ring substituents is 1. The molecular formula is C14H20BrN3O2. The number of rotatable bonds is 4. The van der Waals surface area contributed by atoms with Crippen molar-refractivity contribution in [3.63, 3.8) is 0 Å². The van der Waals surface area contributed by atoms with Gasteiger partial charge < -0.3 is 10.6 Å². The summed E-state index contributed by atoms with van der Waals surface area (Å²) in [6, 6.07) is 3.52. The van der Waals surface area contributed by atoms with E-state index in [0.29, 0.717) is 11.5 Å². The molecule has 0 aromatic heterocycles. The van der Waals surface area contributed by atoms with Crippen LogP contribution in [0.1, 0.15) is 24.8 Å². The Labute approximate surface area is 127 Å². The van der Waals surface area contributed by atoms with E-state index >= 15 is 0 Å². The van der Waals surface area contributed by atoms with Crippen LogP contribution in [-0.4, -0.2) is 24.6 Å². The molecule has 2 rings (SSSR count).